The SMILES string of the molecule is COc1cc(C/C=C(\C)CCC=C(C)C)c(O)c(-c2c(OC)ccc(OC)c2C/C=C(\C)CCC=C(C)C)c1. The maximum atomic E-state index is 11.6. The van der Waals surface area contributed by atoms with Crippen LogP contribution < -0.4 is 14.2 Å². The first-order valence-corrected chi connectivity index (χ1v) is 13.8. The molecule has 0 aliphatic rings. The fourth-order valence-electron chi connectivity index (χ4n) is 4.54. The van der Waals surface area contributed by atoms with Crippen LogP contribution in [0.3, 0.4) is 0 Å². The number of phenols is 1. The normalized spacial score (nSPS) is 11.7. The Labute approximate surface area is 236 Å². The highest BCUT2D eigenvalue weighted by Gasteiger charge is 2.21. The fraction of sp³-hybridized carbons (Fsp3) is 0.429. The minimum atomic E-state index is 0.237. The van der Waals surface area contributed by atoms with E-state index in [-0.39, 0.29) is 5.75 Å². The third-order valence-corrected chi connectivity index (χ3v) is 6.85. The molecule has 0 aromatic heterocycles. The smallest absolute Gasteiger partial charge is 0.127 e. The monoisotopic (exact) mass is 532 g/mol. The molecule has 4 heteroatoms. The molecule has 0 unspecified atom stereocenters. The van der Waals surface area contributed by atoms with Gasteiger partial charge in [0.05, 0.1) is 21.3 Å². The molecular weight excluding hydrogens is 484 g/mol. The van der Waals surface area contributed by atoms with E-state index in [9.17, 15) is 5.11 Å². The van der Waals surface area contributed by atoms with Crippen molar-refractivity contribution in [3.63, 3.8) is 0 Å². The summed E-state index contributed by atoms with van der Waals surface area (Å²) in [6.45, 7) is 12.8. The summed E-state index contributed by atoms with van der Waals surface area (Å²) < 4.78 is 17.3. The van der Waals surface area contributed by atoms with Crippen LogP contribution in [0.25, 0.3) is 11.1 Å². The molecule has 0 saturated heterocycles. The van der Waals surface area contributed by atoms with E-state index in [0.29, 0.717) is 29.9 Å². The van der Waals surface area contributed by atoms with Crippen molar-refractivity contribution < 1.29 is 19.3 Å². The van der Waals surface area contributed by atoms with Crippen LogP contribution in [0.1, 0.15) is 78.4 Å². The number of hydrogen-bond acceptors (Lipinski definition) is 4. The molecule has 39 heavy (non-hydrogen) atoms. The quantitative estimate of drug-likeness (QED) is 0.246. The molecule has 2 aromatic carbocycles. The predicted octanol–water partition coefficient (Wildman–Crippen LogP) is 9.56. The van der Waals surface area contributed by atoms with Gasteiger partial charge in [-0.15, -0.1) is 0 Å². The molecule has 0 bridgehead atoms. The van der Waals surface area contributed by atoms with E-state index in [4.69, 9.17) is 14.2 Å². The molecule has 0 aliphatic heterocycles. The van der Waals surface area contributed by atoms with Gasteiger partial charge >= 0.3 is 0 Å². The van der Waals surface area contributed by atoms with Crippen molar-refractivity contribution in [1.29, 1.82) is 0 Å². The number of ether oxygens (including phenoxy) is 3. The summed E-state index contributed by atoms with van der Waals surface area (Å²) >= 11 is 0. The van der Waals surface area contributed by atoms with Crippen LogP contribution in [0.4, 0.5) is 0 Å². The number of allylic oxidation sites excluding steroid dienone is 8. The third-order valence-electron chi connectivity index (χ3n) is 6.85. The summed E-state index contributed by atoms with van der Waals surface area (Å²) in [6, 6.07) is 7.63. The molecule has 1 N–H and O–H groups in total. The third kappa shape index (κ3) is 9.69. The zero-order chi connectivity index (χ0) is 28.9. The van der Waals surface area contributed by atoms with Crippen molar-refractivity contribution in [3.05, 3.63) is 82.0 Å². The zero-order valence-electron chi connectivity index (χ0n) is 25.5. The molecule has 0 heterocycles. The molecule has 0 spiro atoms. The van der Waals surface area contributed by atoms with Crippen molar-refractivity contribution in [2.24, 2.45) is 0 Å². The molecule has 212 valence electrons. The highest BCUT2D eigenvalue weighted by molar-refractivity contribution is 5.83. The molecule has 2 aromatic rings. The molecular formula is C35H48O4. The Hall–Kier alpha value is -3.40. The lowest BCUT2D eigenvalue weighted by atomic mass is 9.91. The van der Waals surface area contributed by atoms with E-state index < -0.39 is 0 Å². The maximum Gasteiger partial charge on any atom is 0.127 e. The molecule has 0 atom stereocenters. The lowest BCUT2D eigenvalue weighted by Gasteiger charge is -2.20. The van der Waals surface area contributed by atoms with Gasteiger partial charge in [0.2, 0.25) is 0 Å². The number of phenolic OH excluding ortho intramolecular Hbond substituents is 1. The summed E-state index contributed by atoms with van der Waals surface area (Å²) in [4.78, 5) is 0. The van der Waals surface area contributed by atoms with E-state index in [1.54, 1.807) is 21.3 Å². The molecule has 0 saturated carbocycles. The number of benzene rings is 2. The Balaban J connectivity index is 2.56. The predicted molar refractivity (Wildman–Crippen MR) is 165 cm³/mol. The summed E-state index contributed by atoms with van der Waals surface area (Å²) in [7, 11) is 5.00. The minimum Gasteiger partial charge on any atom is -0.507 e. The minimum absolute atomic E-state index is 0.237. The lowest BCUT2D eigenvalue weighted by Crippen LogP contribution is -2.00. The van der Waals surface area contributed by atoms with Gasteiger partial charge in [-0.2, -0.15) is 0 Å². The number of aromatic hydroxyl groups is 1. The van der Waals surface area contributed by atoms with E-state index in [1.165, 1.54) is 22.3 Å². The first-order chi connectivity index (χ1) is 18.6. The highest BCUT2D eigenvalue weighted by Crippen LogP contribution is 2.45. The summed E-state index contributed by atoms with van der Waals surface area (Å²) in [5, 5.41) is 11.6. The molecule has 0 fully saturated rings. The Kier molecular flexibility index (Phi) is 13.0. The van der Waals surface area contributed by atoms with Gasteiger partial charge in [0.1, 0.15) is 23.0 Å². The summed E-state index contributed by atoms with van der Waals surface area (Å²) in [5.74, 6) is 2.38. The van der Waals surface area contributed by atoms with Crippen LogP contribution in [0.15, 0.2) is 70.9 Å². The Morgan fingerprint density at radius 1 is 0.692 bits per heavy atom. The number of hydrogen-bond donors (Lipinski definition) is 1. The van der Waals surface area contributed by atoms with Gasteiger partial charge in [-0.3, -0.25) is 0 Å². The first-order valence-electron chi connectivity index (χ1n) is 13.8. The van der Waals surface area contributed by atoms with Crippen LogP contribution in [-0.4, -0.2) is 26.4 Å². The fourth-order valence-corrected chi connectivity index (χ4v) is 4.54. The van der Waals surface area contributed by atoms with E-state index in [2.05, 4.69) is 65.8 Å². The van der Waals surface area contributed by atoms with Crippen molar-refractivity contribution >= 4 is 0 Å². The topological polar surface area (TPSA) is 47.9 Å². The van der Waals surface area contributed by atoms with Gasteiger partial charge in [-0.05, 0) is 104 Å². The maximum absolute atomic E-state index is 11.6. The largest absolute Gasteiger partial charge is 0.507 e. The summed E-state index contributed by atoms with van der Waals surface area (Å²) in [6.07, 6.45) is 14.3. The Morgan fingerprint density at radius 3 is 1.74 bits per heavy atom. The van der Waals surface area contributed by atoms with E-state index in [0.717, 1.165) is 48.1 Å². The van der Waals surface area contributed by atoms with Crippen LogP contribution in [0, 0.1) is 0 Å². The molecule has 0 amide bonds. The zero-order valence-corrected chi connectivity index (χ0v) is 25.5. The number of rotatable bonds is 14. The van der Waals surface area contributed by atoms with Gasteiger partial charge in [0.25, 0.3) is 0 Å². The molecule has 0 radical (unpaired) electrons. The van der Waals surface area contributed by atoms with Crippen LogP contribution >= 0.6 is 0 Å². The van der Waals surface area contributed by atoms with Gasteiger partial charge < -0.3 is 19.3 Å². The van der Waals surface area contributed by atoms with Crippen LogP contribution in [0.2, 0.25) is 0 Å². The van der Waals surface area contributed by atoms with Gasteiger partial charge in [0, 0.05) is 22.3 Å². The molecule has 2 rings (SSSR count). The second kappa shape index (κ2) is 15.9. The van der Waals surface area contributed by atoms with Crippen molar-refractivity contribution in [3.8, 4) is 34.1 Å². The van der Waals surface area contributed by atoms with Gasteiger partial charge in [0.15, 0.2) is 0 Å². The number of methoxy groups -OCH3 is 3. The Morgan fingerprint density at radius 2 is 1.23 bits per heavy atom. The van der Waals surface area contributed by atoms with Crippen molar-refractivity contribution in [2.45, 2.75) is 80.1 Å². The second-order valence-corrected chi connectivity index (χ2v) is 10.7. The molecule has 0 aliphatic carbocycles. The van der Waals surface area contributed by atoms with Crippen LogP contribution in [0.5, 0.6) is 23.0 Å². The standard InChI is InChI=1S/C35H48O4/c1-24(2)12-10-14-26(5)16-18-28-22-29(37-7)23-31(35(28)36)34-30(32(38-8)20-21-33(34)39-9)19-17-27(6)15-11-13-25(3)4/h12-13,16-17,20-23,36H,10-11,14-15,18-19H2,1-9H3/b26-16+,27-17+. The van der Waals surface area contributed by atoms with E-state index in [1.807, 2.05) is 24.3 Å². The highest BCUT2D eigenvalue weighted by atomic mass is 16.5. The Bertz CT molecular complexity index is 1220. The first kappa shape index (κ1) is 31.8. The van der Waals surface area contributed by atoms with E-state index >= 15 is 0 Å². The van der Waals surface area contributed by atoms with Crippen LogP contribution in [-0.2, 0) is 12.8 Å². The van der Waals surface area contributed by atoms with Gasteiger partial charge in [-0.25, -0.2) is 0 Å². The summed E-state index contributed by atoms with van der Waals surface area (Å²) in [5.41, 5.74) is 8.57. The molecule has 4 nitrogen and oxygen atoms in total. The lowest BCUT2D eigenvalue weighted by molar-refractivity contribution is 0.400. The average molecular weight is 533 g/mol. The van der Waals surface area contributed by atoms with Crippen molar-refractivity contribution in [2.75, 3.05) is 21.3 Å². The van der Waals surface area contributed by atoms with Crippen molar-refractivity contribution in [1.82, 2.24) is 0 Å². The average Bonchev–Trinajstić information content (AvgIpc) is 2.90. The van der Waals surface area contributed by atoms with Gasteiger partial charge in [-0.1, -0.05) is 46.6 Å². The second-order valence-electron chi connectivity index (χ2n) is 10.7.